The molecule has 162 valence electrons. The van der Waals surface area contributed by atoms with Crippen molar-refractivity contribution < 1.29 is 5.11 Å². The summed E-state index contributed by atoms with van der Waals surface area (Å²) in [5, 5.41) is 18.4. The van der Waals surface area contributed by atoms with E-state index in [-0.39, 0.29) is 30.6 Å². The molecule has 7 heteroatoms. The number of aliphatic imine (C=N–C) groups is 1. The van der Waals surface area contributed by atoms with Crippen LogP contribution in [0.25, 0.3) is 0 Å². The highest BCUT2D eigenvalue weighted by Gasteiger charge is 2.31. The van der Waals surface area contributed by atoms with E-state index < -0.39 is 0 Å². The minimum Gasteiger partial charge on any atom is -0.396 e. The molecule has 0 radical (unpaired) electrons. The van der Waals surface area contributed by atoms with Crippen molar-refractivity contribution in [2.45, 2.75) is 52.0 Å². The molecule has 0 saturated carbocycles. The van der Waals surface area contributed by atoms with Gasteiger partial charge in [0.15, 0.2) is 5.96 Å². The third-order valence-electron chi connectivity index (χ3n) is 5.46. The van der Waals surface area contributed by atoms with Gasteiger partial charge < -0.3 is 15.7 Å². The number of aliphatic hydroxyl groups excluding tert-OH is 1. The average molecular weight is 523 g/mol. The summed E-state index contributed by atoms with van der Waals surface area (Å²) in [6.45, 7) is 8.32. The van der Waals surface area contributed by atoms with Crippen LogP contribution in [0.4, 0.5) is 0 Å². The molecule has 1 saturated heterocycles. The first-order chi connectivity index (χ1) is 13.2. The van der Waals surface area contributed by atoms with Gasteiger partial charge in [0.05, 0.1) is 0 Å². The Balaban J connectivity index is 0.00000392. The molecule has 5 nitrogen and oxygen atoms in total. The number of hydrogen-bond acceptors (Lipinski definition) is 4. The van der Waals surface area contributed by atoms with Crippen LogP contribution < -0.4 is 10.6 Å². The number of aliphatic hydroxyl groups is 1. The molecule has 1 fully saturated rings. The van der Waals surface area contributed by atoms with Crippen molar-refractivity contribution in [2.24, 2.45) is 16.8 Å². The van der Waals surface area contributed by atoms with Crippen molar-refractivity contribution in [1.29, 1.82) is 0 Å². The maximum atomic E-state index is 9.27. The molecule has 28 heavy (non-hydrogen) atoms. The normalized spacial score (nSPS) is 21.8. The Morgan fingerprint density at radius 1 is 1.36 bits per heavy atom. The number of halogens is 1. The van der Waals surface area contributed by atoms with E-state index in [1.807, 2.05) is 11.3 Å². The van der Waals surface area contributed by atoms with E-state index in [0.29, 0.717) is 17.9 Å². The largest absolute Gasteiger partial charge is 0.396 e. The predicted octanol–water partition coefficient (Wildman–Crippen LogP) is 4.10. The molecule has 2 heterocycles. The van der Waals surface area contributed by atoms with E-state index in [0.717, 1.165) is 44.9 Å². The Morgan fingerprint density at radius 3 is 2.82 bits per heavy atom. The molecule has 0 aromatic carbocycles. The summed E-state index contributed by atoms with van der Waals surface area (Å²) in [6, 6.07) is 4.93. The molecule has 1 aliphatic heterocycles. The molecule has 1 aromatic rings. The van der Waals surface area contributed by atoms with E-state index >= 15 is 0 Å². The van der Waals surface area contributed by atoms with Crippen molar-refractivity contribution in [1.82, 2.24) is 15.5 Å². The molecule has 0 bridgehead atoms. The Kier molecular flexibility index (Phi) is 13.4. The summed E-state index contributed by atoms with van der Waals surface area (Å²) in [5.41, 5.74) is 0. The molecular formula is C21H39IN4OS. The number of guanidine groups is 1. The van der Waals surface area contributed by atoms with Crippen molar-refractivity contribution in [2.75, 3.05) is 39.8 Å². The second-order valence-electron chi connectivity index (χ2n) is 7.61. The third kappa shape index (κ3) is 8.16. The lowest BCUT2D eigenvalue weighted by molar-refractivity contribution is 0.125. The minimum absolute atomic E-state index is 0. The highest BCUT2D eigenvalue weighted by atomic mass is 127. The van der Waals surface area contributed by atoms with Crippen molar-refractivity contribution in [3.8, 4) is 0 Å². The molecule has 0 spiro atoms. The van der Waals surface area contributed by atoms with Crippen LogP contribution >= 0.6 is 35.3 Å². The van der Waals surface area contributed by atoms with Gasteiger partial charge in [0.1, 0.15) is 0 Å². The van der Waals surface area contributed by atoms with Gasteiger partial charge >= 0.3 is 0 Å². The fraction of sp³-hybridized carbons (Fsp3) is 0.762. The van der Waals surface area contributed by atoms with Gasteiger partial charge in [0.2, 0.25) is 0 Å². The summed E-state index contributed by atoms with van der Waals surface area (Å²) in [7, 11) is 2.25. The maximum Gasteiger partial charge on any atom is 0.191 e. The van der Waals surface area contributed by atoms with Gasteiger partial charge in [-0.1, -0.05) is 19.4 Å². The molecule has 1 aliphatic rings. The van der Waals surface area contributed by atoms with E-state index in [4.69, 9.17) is 4.99 Å². The van der Waals surface area contributed by atoms with Gasteiger partial charge in [-0.05, 0) is 69.5 Å². The Labute approximate surface area is 192 Å². The van der Waals surface area contributed by atoms with Crippen molar-refractivity contribution >= 4 is 41.3 Å². The number of piperidine rings is 1. The molecule has 1 aromatic heterocycles. The van der Waals surface area contributed by atoms with Crippen molar-refractivity contribution in [3.63, 3.8) is 0 Å². The second-order valence-corrected chi connectivity index (χ2v) is 8.59. The first-order valence-electron chi connectivity index (χ1n) is 10.6. The molecule has 3 atom stereocenters. The number of nitrogens with zero attached hydrogens (tertiary/aromatic N) is 2. The average Bonchev–Trinajstić information content (AvgIpc) is 3.18. The molecule has 0 amide bonds. The smallest absolute Gasteiger partial charge is 0.191 e. The van der Waals surface area contributed by atoms with Crippen LogP contribution in [-0.4, -0.2) is 55.8 Å². The SMILES string of the molecule is CCCC(CCO)CN=C(NCC)NCC1CCCN(C)C1c1cccs1.I. The summed E-state index contributed by atoms with van der Waals surface area (Å²) in [6.07, 6.45) is 5.61. The summed E-state index contributed by atoms with van der Waals surface area (Å²) in [4.78, 5) is 8.79. The van der Waals surface area contributed by atoms with Gasteiger partial charge in [-0.25, -0.2) is 0 Å². The number of hydrogen-bond donors (Lipinski definition) is 3. The summed E-state index contributed by atoms with van der Waals surface area (Å²) >= 11 is 1.87. The summed E-state index contributed by atoms with van der Waals surface area (Å²) in [5.74, 6) is 1.97. The monoisotopic (exact) mass is 522 g/mol. The standard InChI is InChI=1S/C21H38N4OS.HI/c1-4-8-17(11-13-26)15-23-21(22-5-2)24-16-18-9-6-12-25(3)20(18)19-10-7-14-27-19;/h7,10,14,17-18,20,26H,4-6,8-9,11-13,15-16H2,1-3H3,(H2,22,23,24);1H. The lowest BCUT2D eigenvalue weighted by atomic mass is 9.88. The minimum atomic E-state index is 0. The zero-order valence-corrected chi connectivity index (χ0v) is 20.8. The maximum absolute atomic E-state index is 9.27. The van der Waals surface area contributed by atoms with E-state index in [1.165, 1.54) is 24.3 Å². The number of nitrogens with one attached hydrogen (secondary N) is 2. The van der Waals surface area contributed by atoms with E-state index in [9.17, 15) is 5.11 Å². The van der Waals surface area contributed by atoms with E-state index in [2.05, 4.69) is 53.9 Å². The van der Waals surface area contributed by atoms with Crippen molar-refractivity contribution in [3.05, 3.63) is 22.4 Å². The summed E-state index contributed by atoms with van der Waals surface area (Å²) < 4.78 is 0. The third-order valence-corrected chi connectivity index (χ3v) is 6.40. The van der Waals surface area contributed by atoms with Gasteiger partial charge in [-0.15, -0.1) is 35.3 Å². The Hall–Kier alpha value is -0.380. The molecule has 0 aliphatic carbocycles. The topological polar surface area (TPSA) is 59.9 Å². The first kappa shape index (κ1) is 25.7. The zero-order chi connectivity index (χ0) is 19.5. The number of thiophene rings is 1. The molecule has 3 N–H and O–H groups in total. The highest BCUT2D eigenvalue weighted by Crippen LogP contribution is 2.36. The quantitative estimate of drug-likeness (QED) is 0.246. The second kappa shape index (κ2) is 14.6. The van der Waals surface area contributed by atoms with Gasteiger partial charge in [-0.3, -0.25) is 9.89 Å². The van der Waals surface area contributed by atoms with Crippen LogP contribution in [0.5, 0.6) is 0 Å². The molecule has 3 unspecified atom stereocenters. The van der Waals surface area contributed by atoms with Gasteiger partial charge in [-0.2, -0.15) is 0 Å². The molecule has 2 rings (SSSR count). The van der Waals surface area contributed by atoms with Gasteiger partial charge in [0.25, 0.3) is 0 Å². The Morgan fingerprint density at radius 2 is 2.18 bits per heavy atom. The highest BCUT2D eigenvalue weighted by molar-refractivity contribution is 14.0. The molecular weight excluding hydrogens is 483 g/mol. The van der Waals surface area contributed by atoms with Crippen LogP contribution in [0.2, 0.25) is 0 Å². The van der Waals surface area contributed by atoms with Crippen LogP contribution in [0.3, 0.4) is 0 Å². The number of rotatable bonds is 10. The fourth-order valence-corrected chi connectivity index (χ4v) is 5.07. The van der Waals surface area contributed by atoms with Crippen LogP contribution in [0.1, 0.15) is 56.9 Å². The predicted molar refractivity (Wildman–Crippen MR) is 132 cm³/mol. The lowest BCUT2D eigenvalue weighted by Gasteiger charge is -2.39. The van der Waals surface area contributed by atoms with Crippen LogP contribution in [0.15, 0.2) is 22.5 Å². The lowest BCUT2D eigenvalue weighted by Crippen LogP contribution is -2.45. The fourth-order valence-electron chi connectivity index (χ4n) is 4.09. The Bertz CT molecular complexity index is 535. The van der Waals surface area contributed by atoms with Crippen LogP contribution in [0, 0.1) is 11.8 Å². The van der Waals surface area contributed by atoms with E-state index in [1.54, 1.807) is 0 Å². The number of likely N-dealkylation sites (tertiary alicyclic amines) is 1. The zero-order valence-electron chi connectivity index (χ0n) is 17.7. The first-order valence-corrected chi connectivity index (χ1v) is 11.4. The van der Waals surface area contributed by atoms with Gasteiger partial charge in [0, 0.05) is 37.2 Å². The van der Waals surface area contributed by atoms with Crippen LogP contribution in [-0.2, 0) is 0 Å².